The lowest BCUT2D eigenvalue weighted by Gasteiger charge is -2.21. The third kappa shape index (κ3) is 5.33. The van der Waals surface area contributed by atoms with Gasteiger partial charge in [0.15, 0.2) is 5.69 Å². The fourth-order valence-corrected chi connectivity index (χ4v) is 10.3. The molecule has 0 saturated heterocycles. The van der Waals surface area contributed by atoms with Gasteiger partial charge in [0.2, 0.25) is 0 Å². The summed E-state index contributed by atoms with van der Waals surface area (Å²) in [7, 11) is 0. The number of nitrogens with zero attached hydrogens (tertiary/aromatic N) is 3. The Hall–Kier alpha value is -8.54. The van der Waals surface area contributed by atoms with Crippen LogP contribution in [0.4, 0.5) is 18.9 Å². The summed E-state index contributed by atoms with van der Waals surface area (Å²) in [4.78, 5) is 4.18. The second-order valence-corrected chi connectivity index (χ2v) is 16.7. The molecule has 0 amide bonds. The lowest BCUT2D eigenvalue weighted by Crippen LogP contribution is -2.05. The predicted octanol–water partition coefficient (Wildman–Crippen LogP) is 16.9. The highest BCUT2D eigenvalue weighted by molar-refractivity contribution is 6.25. The Bertz CT molecular complexity index is 4210. The smallest absolute Gasteiger partial charge is 0.416 e. The molecule has 0 fully saturated rings. The van der Waals surface area contributed by atoms with E-state index in [1.165, 1.54) is 12.1 Å². The average Bonchev–Trinajstić information content (AvgIpc) is 4.08. The fourth-order valence-electron chi connectivity index (χ4n) is 10.3. The predicted molar refractivity (Wildman–Crippen MR) is 257 cm³/mol. The Kier molecular flexibility index (Phi) is 7.68. The van der Waals surface area contributed by atoms with Crippen LogP contribution in [0.5, 0.6) is 0 Å². The molecule has 13 aromatic rings. The van der Waals surface area contributed by atoms with Gasteiger partial charge in [0.25, 0.3) is 0 Å². The minimum Gasteiger partial charge on any atom is -0.455 e. The number of fused-ring (bicyclic) bond motifs is 14. The van der Waals surface area contributed by atoms with Gasteiger partial charge in [0.1, 0.15) is 22.3 Å². The third-order valence-corrected chi connectivity index (χ3v) is 13.0. The number of furan rings is 2. The summed E-state index contributed by atoms with van der Waals surface area (Å²) < 4.78 is 60.9. The van der Waals surface area contributed by atoms with Crippen molar-refractivity contribution in [2.45, 2.75) is 13.1 Å². The van der Waals surface area contributed by atoms with Crippen molar-refractivity contribution in [2.75, 3.05) is 0 Å². The Morgan fingerprint density at radius 2 is 1.03 bits per heavy atom. The number of benzene rings is 9. The van der Waals surface area contributed by atoms with Crippen LogP contribution in [0.15, 0.2) is 185 Å². The third-order valence-electron chi connectivity index (χ3n) is 13.0. The van der Waals surface area contributed by atoms with Gasteiger partial charge in [-0.05, 0) is 108 Å². The van der Waals surface area contributed by atoms with Crippen molar-refractivity contribution in [2.24, 2.45) is 0 Å². The van der Waals surface area contributed by atoms with E-state index in [-0.39, 0.29) is 0 Å². The van der Waals surface area contributed by atoms with Crippen LogP contribution in [-0.2, 0) is 6.18 Å². The second kappa shape index (κ2) is 13.5. The van der Waals surface area contributed by atoms with Crippen LogP contribution in [-0.4, -0.2) is 9.13 Å². The number of para-hydroxylation sites is 4. The number of hydrogen-bond donors (Lipinski definition) is 0. The molecule has 65 heavy (non-hydrogen) atoms. The topological polar surface area (TPSA) is 40.5 Å². The van der Waals surface area contributed by atoms with Gasteiger partial charge < -0.3 is 18.0 Å². The molecule has 0 saturated carbocycles. The molecule has 4 aromatic heterocycles. The van der Waals surface area contributed by atoms with Gasteiger partial charge >= 0.3 is 6.18 Å². The summed E-state index contributed by atoms with van der Waals surface area (Å²) in [6, 6.07) is 56.5. The van der Waals surface area contributed by atoms with E-state index in [9.17, 15) is 13.2 Å². The zero-order valence-corrected chi connectivity index (χ0v) is 34.5. The highest BCUT2D eigenvalue weighted by Gasteiger charge is 2.32. The molecule has 5 nitrogen and oxygen atoms in total. The highest BCUT2D eigenvalue weighted by atomic mass is 19.4. The van der Waals surface area contributed by atoms with Crippen LogP contribution in [0.3, 0.4) is 0 Å². The monoisotopic (exact) mass is 847 g/mol. The Labute approximate surface area is 368 Å². The minimum absolute atomic E-state index is 0.386. The van der Waals surface area contributed by atoms with Crippen molar-refractivity contribution in [3.8, 4) is 33.6 Å². The summed E-state index contributed by atoms with van der Waals surface area (Å²) in [5.41, 5.74) is 10.6. The molecule has 4 heterocycles. The van der Waals surface area contributed by atoms with Crippen molar-refractivity contribution in [3.63, 3.8) is 0 Å². The SMILES string of the molecule is [C-]#[N+]c1cccc(-n2c3ccccc3c3c4oc5ccccc5c4ccc32)c1-c1cc(-c2cc(C)cc(C(F)(F)F)c2)ccc1-n1c2ccccc2c2c3oc4ccccc4c3ccc21. The van der Waals surface area contributed by atoms with Crippen molar-refractivity contribution in [1.82, 2.24) is 9.13 Å². The number of hydrogen-bond acceptors (Lipinski definition) is 2. The van der Waals surface area contributed by atoms with Gasteiger partial charge in [-0.25, -0.2) is 4.85 Å². The maximum Gasteiger partial charge on any atom is 0.416 e. The molecule has 0 aliphatic carbocycles. The molecule has 0 unspecified atom stereocenters. The fraction of sp³-hybridized carbons (Fsp3) is 0.0351. The van der Waals surface area contributed by atoms with E-state index in [4.69, 9.17) is 15.4 Å². The van der Waals surface area contributed by atoms with Crippen molar-refractivity contribution < 1.29 is 22.0 Å². The Balaban J connectivity index is 1.17. The standard InChI is InChI=1S/C57H32F3N3O2/c1-32-28-34(30-35(29-32)57(58,59)60)33-22-25-46(62-44-17-7-3-14-40(44)53-48(62)26-23-38-36-12-5-9-20-50(36)64-55(38)53)42(31-33)52-43(61-2)16-11-19-47(52)63-45-18-8-4-15-41(45)54-49(63)27-24-39-37-13-6-10-21-51(37)65-56(39)54/h3-31H,1H3. The molecule has 308 valence electrons. The quantitative estimate of drug-likeness (QED) is 0.166. The van der Waals surface area contributed by atoms with E-state index in [1.807, 2.05) is 97.1 Å². The van der Waals surface area contributed by atoms with E-state index in [1.54, 1.807) is 13.0 Å². The van der Waals surface area contributed by atoms with E-state index in [0.717, 1.165) is 98.9 Å². The normalized spacial score (nSPS) is 12.3. The molecule has 0 spiro atoms. The van der Waals surface area contributed by atoms with Gasteiger partial charge in [-0.3, -0.25) is 0 Å². The molecule has 8 heteroatoms. The van der Waals surface area contributed by atoms with Crippen LogP contribution < -0.4 is 0 Å². The van der Waals surface area contributed by atoms with Crippen molar-refractivity contribution in [1.29, 1.82) is 0 Å². The van der Waals surface area contributed by atoms with E-state index in [0.29, 0.717) is 33.5 Å². The van der Waals surface area contributed by atoms with Crippen LogP contribution in [0.25, 0.3) is 126 Å². The van der Waals surface area contributed by atoms with Crippen LogP contribution in [0.1, 0.15) is 11.1 Å². The highest BCUT2D eigenvalue weighted by Crippen LogP contribution is 2.48. The van der Waals surface area contributed by atoms with Gasteiger partial charge in [-0.1, -0.05) is 97.1 Å². The van der Waals surface area contributed by atoms with Gasteiger partial charge in [-0.15, -0.1) is 0 Å². The summed E-state index contributed by atoms with van der Waals surface area (Å²) in [5.74, 6) is 0. The number of alkyl halides is 3. The maximum atomic E-state index is 14.4. The van der Waals surface area contributed by atoms with Gasteiger partial charge in [-0.2, -0.15) is 13.2 Å². The van der Waals surface area contributed by atoms with Gasteiger partial charge in [0.05, 0.1) is 50.7 Å². The second-order valence-electron chi connectivity index (χ2n) is 16.7. The summed E-state index contributed by atoms with van der Waals surface area (Å²) in [6.07, 6.45) is -4.54. The summed E-state index contributed by atoms with van der Waals surface area (Å²) >= 11 is 0. The number of rotatable bonds is 4. The maximum absolute atomic E-state index is 14.4. The average molecular weight is 848 g/mol. The van der Waals surface area contributed by atoms with Crippen LogP contribution >= 0.6 is 0 Å². The molecule has 0 atom stereocenters. The molecule has 13 rings (SSSR count). The van der Waals surface area contributed by atoms with Gasteiger partial charge in [0, 0.05) is 43.6 Å². The first-order valence-electron chi connectivity index (χ1n) is 21.3. The summed E-state index contributed by atoms with van der Waals surface area (Å²) in [5, 5.41) is 7.88. The number of aromatic nitrogens is 2. The van der Waals surface area contributed by atoms with E-state index < -0.39 is 11.7 Å². The Morgan fingerprint density at radius 3 is 1.62 bits per heavy atom. The first-order chi connectivity index (χ1) is 31.7. The summed E-state index contributed by atoms with van der Waals surface area (Å²) in [6.45, 7) is 10.4. The molecule has 9 aromatic carbocycles. The van der Waals surface area contributed by atoms with Crippen molar-refractivity contribution >= 4 is 93.2 Å². The lowest BCUT2D eigenvalue weighted by atomic mass is 9.93. The first-order valence-corrected chi connectivity index (χ1v) is 21.3. The molecule has 0 aliphatic heterocycles. The molecular weight excluding hydrogens is 816 g/mol. The van der Waals surface area contributed by atoms with Crippen molar-refractivity contribution in [3.05, 3.63) is 198 Å². The molecular formula is C57H32F3N3O2. The number of halogens is 3. The van der Waals surface area contributed by atoms with E-state index in [2.05, 4.69) is 74.6 Å². The molecule has 0 N–H and O–H groups in total. The number of aryl methyl sites for hydroxylation is 1. The minimum atomic E-state index is -4.54. The van der Waals surface area contributed by atoms with Crippen LogP contribution in [0.2, 0.25) is 0 Å². The molecule has 0 radical (unpaired) electrons. The van der Waals surface area contributed by atoms with Crippen LogP contribution in [0, 0.1) is 13.5 Å². The zero-order chi connectivity index (χ0) is 43.7. The largest absolute Gasteiger partial charge is 0.455 e. The van der Waals surface area contributed by atoms with E-state index >= 15 is 0 Å². The zero-order valence-electron chi connectivity index (χ0n) is 34.5. The first kappa shape index (κ1) is 37.1. The Morgan fingerprint density at radius 1 is 0.477 bits per heavy atom. The lowest BCUT2D eigenvalue weighted by molar-refractivity contribution is -0.137. The molecule has 0 bridgehead atoms. The molecule has 0 aliphatic rings.